The number of nitrogens with zero attached hydrogens (tertiary/aromatic N) is 1. The third-order valence-electron chi connectivity index (χ3n) is 5.33. The van der Waals surface area contributed by atoms with Crippen LogP contribution in [0.3, 0.4) is 0 Å². The number of carbonyl (C=O) groups is 1. The molecule has 0 unspecified atom stereocenters. The molecule has 0 saturated heterocycles. The number of ether oxygens (including phenoxy) is 1. The van der Waals surface area contributed by atoms with Crippen molar-refractivity contribution in [3.05, 3.63) is 105 Å². The zero-order valence-corrected chi connectivity index (χ0v) is 19.7. The number of para-hydroxylation sites is 1. The van der Waals surface area contributed by atoms with E-state index in [0.29, 0.717) is 34.3 Å². The number of aromatic nitrogens is 1. The highest BCUT2D eigenvalue weighted by molar-refractivity contribution is 9.10. The van der Waals surface area contributed by atoms with Gasteiger partial charge in [-0.2, -0.15) is 5.26 Å². The molecule has 0 aliphatic carbocycles. The van der Waals surface area contributed by atoms with Crippen LogP contribution in [0.2, 0.25) is 0 Å². The first-order valence-corrected chi connectivity index (χ1v) is 11.4. The number of fused-ring (bicyclic) bond motifs is 1. The molecule has 170 valence electrons. The van der Waals surface area contributed by atoms with Gasteiger partial charge in [-0.1, -0.05) is 42.5 Å². The SMILES string of the molecule is N#C/C(=C\c1ccc(OCc2ccccc2F)c(Br)c1)C(=O)NCCc1c[nH]c2ccccc12. The number of halogens is 2. The summed E-state index contributed by atoms with van der Waals surface area (Å²) in [6, 6.07) is 21.6. The van der Waals surface area contributed by atoms with Crippen molar-refractivity contribution in [2.75, 3.05) is 6.54 Å². The first-order chi connectivity index (χ1) is 16.5. The number of carbonyl (C=O) groups excluding carboxylic acids is 1. The summed E-state index contributed by atoms with van der Waals surface area (Å²) in [4.78, 5) is 15.7. The van der Waals surface area contributed by atoms with Crippen molar-refractivity contribution in [1.82, 2.24) is 10.3 Å². The number of nitriles is 1. The zero-order chi connectivity index (χ0) is 23.9. The molecule has 3 aromatic carbocycles. The minimum atomic E-state index is -0.432. The summed E-state index contributed by atoms with van der Waals surface area (Å²) in [7, 11) is 0. The fourth-order valence-electron chi connectivity index (χ4n) is 3.55. The molecular weight excluding hydrogens is 497 g/mol. The minimum Gasteiger partial charge on any atom is -0.488 e. The van der Waals surface area contributed by atoms with Crippen molar-refractivity contribution >= 4 is 38.8 Å². The molecule has 34 heavy (non-hydrogen) atoms. The Hall–Kier alpha value is -3.89. The van der Waals surface area contributed by atoms with Crippen LogP contribution < -0.4 is 10.1 Å². The largest absolute Gasteiger partial charge is 0.488 e. The molecule has 4 rings (SSSR count). The molecule has 0 spiro atoms. The van der Waals surface area contributed by atoms with Gasteiger partial charge in [0.15, 0.2) is 0 Å². The number of nitrogens with one attached hydrogen (secondary N) is 2. The molecule has 7 heteroatoms. The Labute approximate surface area is 205 Å². The molecule has 5 nitrogen and oxygen atoms in total. The van der Waals surface area contributed by atoms with E-state index in [1.54, 1.807) is 36.4 Å². The Balaban J connectivity index is 1.37. The van der Waals surface area contributed by atoms with Gasteiger partial charge >= 0.3 is 0 Å². The maximum Gasteiger partial charge on any atom is 0.261 e. The lowest BCUT2D eigenvalue weighted by Crippen LogP contribution is -2.26. The molecule has 0 atom stereocenters. The zero-order valence-electron chi connectivity index (χ0n) is 18.1. The third kappa shape index (κ3) is 5.53. The van der Waals surface area contributed by atoms with Crippen molar-refractivity contribution in [2.45, 2.75) is 13.0 Å². The number of benzene rings is 3. The number of amides is 1. The Morgan fingerprint density at radius 1 is 1.12 bits per heavy atom. The highest BCUT2D eigenvalue weighted by Crippen LogP contribution is 2.28. The van der Waals surface area contributed by atoms with E-state index in [-0.39, 0.29) is 18.0 Å². The van der Waals surface area contributed by atoms with Crippen LogP contribution >= 0.6 is 15.9 Å². The van der Waals surface area contributed by atoms with Crippen LogP contribution in [0.4, 0.5) is 4.39 Å². The maximum absolute atomic E-state index is 13.8. The van der Waals surface area contributed by atoms with Gasteiger partial charge in [0.1, 0.15) is 29.8 Å². The molecule has 0 fully saturated rings. The van der Waals surface area contributed by atoms with E-state index in [1.807, 2.05) is 36.5 Å². The second-order valence-electron chi connectivity index (χ2n) is 7.61. The highest BCUT2D eigenvalue weighted by atomic mass is 79.9. The van der Waals surface area contributed by atoms with Crippen LogP contribution in [0.1, 0.15) is 16.7 Å². The summed E-state index contributed by atoms with van der Waals surface area (Å²) in [6.45, 7) is 0.495. The van der Waals surface area contributed by atoms with Gasteiger partial charge in [-0.15, -0.1) is 0 Å². The molecule has 4 aromatic rings. The van der Waals surface area contributed by atoms with Crippen LogP contribution in [0.5, 0.6) is 5.75 Å². The van der Waals surface area contributed by atoms with Crippen molar-refractivity contribution < 1.29 is 13.9 Å². The lowest BCUT2D eigenvalue weighted by atomic mass is 10.1. The minimum absolute atomic E-state index is 0.00542. The molecule has 0 aliphatic rings. The molecule has 0 bridgehead atoms. The fraction of sp³-hybridized carbons (Fsp3) is 0.111. The Bertz CT molecular complexity index is 1400. The van der Waals surface area contributed by atoms with Crippen LogP contribution in [0.25, 0.3) is 17.0 Å². The normalized spacial score (nSPS) is 11.3. The molecule has 2 N–H and O–H groups in total. The van der Waals surface area contributed by atoms with E-state index < -0.39 is 5.91 Å². The quantitative estimate of drug-likeness (QED) is 0.225. The van der Waals surface area contributed by atoms with Gasteiger partial charge in [-0.05, 0) is 63.8 Å². The van der Waals surface area contributed by atoms with Crippen molar-refractivity contribution in [3.63, 3.8) is 0 Å². The van der Waals surface area contributed by atoms with E-state index in [0.717, 1.165) is 16.5 Å². The van der Waals surface area contributed by atoms with Gasteiger partial charge in [-0.3, -0.25) is 4.79 Å². The van der Waals surface area contributed by atoms with Crippen LogP contribution in [-0.4, -0.2) is 17.4 Å². The van der Waals surface area contributed by atoms with E-state index in [1.165, 1.54) is 12.1 Å². The van der Waals surface area contributed by atoms with E-state index in [4.69, 9.17) is 4.74 Å². The summed E-state index contributed by atoms with van der Waals surface area (Å²) in [5, 5.41) is 13.4. The summed E-state index contributed by atoms with van der Waals surface area (Å²) in [5.41, 5.74) is 3.27. The predicted octanol–water partition coefficient (Wildman–Crippen LogP) is 5.91. The number of aromatic amines is 1. The third-order valence-corrected chi connectivity index (χ3v) is 5.95. The van der Waals surface area contributed by atoms with Crippen molar-refractivity contribution in [2.24, 2.45) is 0 Å². The molecular formula is C27H21BrFN3O2. The standard InChI is InChI=1S/C27H21BrFN3O2/c28-23-14-18(9-10-26(23)34-17-20-5-1-3-7-24(20)29)13-21(15-30)27(33)31-12-11-19-16-32-25-8-4-2-6-22(19)25/h1-10,13-14,16,32H,11-12,17H2,(H,31,33)/b21-13+. The highest BCUT2D eigenvalue weighted by Gasteiger charge is 2.11. The number of H-pyrrole nitrogens is 1. The Kier molecular flexibility index (Phi) is 7.41. The summed E-state index contributed by atoms with van der Waals surface area (Å²) >= 11 is 3.44. The summed E-state index contributed by atoms with van der Waals surface area (Å²) < 4.78 is 20.1. The van der Waals surface area contributed by atoms with E-state index >= 15 is 0 Å². The Morgan fingerprint density at radius 3 is 2.71 bits per heavy atom. The molecule has 0 saturated carbocycles. The van der Waals surface area contributed by atoms with Crippen molar-refractivity contribution in [3.8, 4) is 11.8 Å². The van der Waals surface area contributed by atoms with Crippen LogP contribution in [0.15, 0.2) is 83.0 Å². The van der Waals surface area contributed by atoms with Gasteiger partial charge in [0, 0.05) is 29.2 Å². The second kappa shape index (κ2) is 10.8. The Morgan fingerprint density at radius 2 is 1.91 bits per heavy atom. The number of hydrogen-bond acceptors (Lipinski definition) is 3. The van der Waals surface area contributed by atoms with Gasteiger partial charge in [0.25, 0.3) is 5.91 Å². The van der Waals surface area contributed by atoms with Gasteiger partial charge in [0.05, 0.1) is 4.47 Å². The van der Waals surface area contributed by atoms with Crippen molar-refractivity contribution in [1.29, 1.82) is 5.26 Å². The lowest BCUT2D eigenvalue weighted by molar-refractivity contribution is -0.117. The lowest BCUT2D eigenvalue weighted by Gasteiger charge is -2.10. The number of rotatable bonds is 8. The smallest absolute Gasteiger partial charge is 0.261 e. The molecule has 0 radical (unpaired) electrons. The van der Waals surface area contributed by atoms with Gasteiger partial charge < -0.3 is 15.0 Å². The molecule has 1 heterocycles. The average molecular weight is 518 g/mol. The molecule has 1 amide bonds. The van der Waals surface area contributed by atoms with Crippen LogP contribution in [0, 0.1) is 17.1 Å². The van der Waals surface area contributed by atoms with Crippen LogP contribution in [-0.2, 0) is 17.8 Å². The molecule has 1 aromatic heterocycles. The second-order valence-corrected chi connectivity index (χ2v) is 8.46. The monoisotopic (exact) mass is 517 g/mol. The topological polar surface area (TPSA) is 77.9 Å². The van der Waals surface area contributed by atoms with E-state index in [2.05, 4.69) is 26.2 Å². The number of hydrogen-bond donors (Lipinski definition) is 2. The molecule has 0 aliphatic heterocycles. The first-order valence-electron chi connectivity index (χ1n) is 10.7. The van der Waals surface area contributed by atoms with E-state index in [9.17, 15) is 14.4 Å². The average Bonchev–Trinajstić information content (AvgIpc) is 3.26. The maximum atomic E-state index is 13.8. The first kappa shape index (κ1) is 23.3. The summed E-state index contributed by atoms with van der Waals surface area (Å²) in [6.07, 6.45) is 4.10. The van der Waals surface area contributed by atoms with Gasteiger partial charge in [0.2, 0.25) is 0 Å². The predicted molar refractivity (Wildman–Crippen MR) is 133 cm³/mol. The fourth-order valence-corrected chi connectivity index (χ4v) is 4.07. The summed E-state index contributed by atoms with van der Waals surface area (Å²) in [5.74, 6) is -0.229. The van der Waals surface area contributed by atoms with Gasteiger partial charge in [-0.25, -0.2) is 4.39 Å².